The van der Waals surface area contributed by atoms with Crippen LogP contribution in [0.15, 0.2) is 18.2 Å². The maximum absolute atomic E-state index is 5.84. The lowest BCUT2D eigenvalue weighted by atomic mass is 9.67. The molecule has 4 rings (SSSR count). The Morgan fingerprint density at radius 2 is 1.95 bits per heavy atom. The van der Waals surface area contributed by atoms with Crippen LogP contribution in [0, 0.1) is 11.8 Å². The number of aromatic nitrogens is 2. The molecule has 1 heterocycles. The first kappa shape index (κ1) is 13.3. The van der Waals surface area contributed by atoms with Gasteiger partial charge in [0.15, 0.2) is 0 Å². The Morgan fingerprint density at radius 3 is 2.81 bits per heavy atom. The average molecular weight is 283 g/mol. The third-order valence-corrected chi connectivity index (χ3v) is 5.76. The number of imidazole rings is 1. The molecule has 3 N–H and O–H groups in total. The van der Waals surface area contributed by atoms with Crippen LogP contribution in [-0.4, -0.2) is 9.97 Å². The summed E-state index contributed by atoms with van der Waals surface area (Å²) < 4.78 is 0. The number of aromatic amines is 1. The lowest BCUT2D eigenvalue weighted by Crippen LogP contribution is -2.27. The van der Waals surface area contributed by atoms with Crippen LogP contribution in [0.3, 0.4) is 0 Å². The molecule has 1 aromatic heterocycles. The van der Waals surface area contributed by atoms with Crippen LogP contribution in [0.2, 0.25) is 0 Å². The van der Waals surface area contributed by atoms with Gasteiger partial charge in [-0.05, 0) is 42.7 Å². The smallest absolute Gasteiger partial charge is 0.110 e. The van der Waals surface area contributed by atoms with Gasteiger partial charge in [-0.1, -0.05) is 37.8 Å². The second-order valence-corrected chi connectivity index (χ2v) is 6.95. The molecule has 21 heavy (non-hydrogen) atoms. The SMILES string of the molecule is NCc1cccc2[nH]c(C3CCC4CCCCC4C3)nc12. The van der Waals surface area contributed by atoms with E-state index in [0.29, 0.717) is 12.5 Å². The topological polar surface area (TPSA) is 54.7 Å². The van der Waals surface area contributed by atoms with Gasteiger partial charge >= 0.3 is 0 Å². The minimum atomic E-state index is 0.566. The van der Waals surface area contributed by atoms with Crippen LogP contribution >= 0.6 is 0 Å². The van der Waals surface area contributed by atoms with Gasteiger partial charge < -0.3 is 10.7 Å². The minimum Gasteiger partial charge on any atom is -0.342 e. The number of rotatable bonds is 2. The van der Waals surface area contributed by atoms with Crippen molar-refractivity contribution in [1.82, 2.24) is 9.97 Å². The van der Waals surface area contributed by atoms with Crippen LogP contribution in [-0.2, 0) is 6.54 Å². The van der Waals surface area contributed by atoms with E-state index >= 15 is 0 Å². The summed E-state index contributed by atoms with van der Waals surface area (Å²) in [7, 11) is 0. The first-order chi connectivity index (χ1) is 10.3. The molecule has 112 valence electrons. The molecule has 3 atom stereocenters. The summed E-state index contributed by atoms with van der Waals surface area (Å²) >= 11 is 0. The highest BCUT2D eigenvalue weighted by molar-refractivity contribution is 5.78. The number of nitrogens with two attached hydrogens (primary N) is 1. The van der Waals surface area contributed by atoms with Crippen molar-refractivity contribution in [3.05, 3.63) is 29.6 Å². The third kappa shape index (κ3) is 2.38. The van der Waals surface area contributed by atoms with Gasteiger partial charge in [0.25, 0.3) is 0 Å². The summed E-state index contributed by atoms with van der Waals surface area (Å²) in [6, 6.07) is 6.28. The first-order valence-electron chi connectivity index (χ1n) is 8.52. The molecule has 3 heteroatoms. The summed E-state index contributed by atoms with van der Waals surface area (Å²) in [4.78, 5) is 8.48. The zero-order valence-electron chi connectivity index (χ0n) is 12.6. The van der Waals surface area contributed by atoms with Gasteiger partial charge in [-0.3, -0.25) is 0 Å². The Morgan fingerprint density at radius 1 is 1.10 bits per heavy atom. The predicted molar refractivity (Wildman–Crippen MR) is 86.0 cm³/mol. The fourth-order valence-electron chi connectivity index (χ4n) is 4.59. The maximum Gasteiger partial charge on any atom is 0.110 e. The predicted octanol–water partition coefficient (Wildman–Crippen LogP) is 4.10. The molecular formula is C18H25N3. The van der Waals surface area contributed by atoms with Gasteiger partial charge in [0.1, 0.15) is 5.82 Å². The van der Waals surface area contributed by atoms with E-state index in [0.717, 1.165) is 28.4 Å². The summed E-state index contributed by atoms with van der Waals surface area (Å²) in [5.74, 6) is 3.77. The minimum absolute atomic E-state index is 0.566. The normalized spacial score (nSPS) is 29.5. The summed E-state index contributed by atoms with van der Waals surface area (Å²) in [6.07, 6.45) is 9.84. The van der Waals surface area contributed by atoms with E-state index in [1.807, 2.05) is 0 Å². The highest BCUT2D eigenvalue weighted by Gasteiger charge is 2.33. The van der Waals surface area contributed by atoms with Crippen LogP contribution < -0.4 is 5.73 Å². The van der Waals surface area contributed by atoms with Gasteiger partial charge in [0, 0.05) is 12.5 Å². The van der Waals surface area contributed by atoms with Crippen molar-refractivity contribution in [1.29, 1.82) is 0 Å². The molecule has 2 saturated carbocycles. The molecule has 2 aliphatic carbocycles. The number of hydrogen-bond donors (Lipinski definition) is 2. The number of para-hydroxylation sites is 1. The molecule has 0 radical (unpaired) electrons. The Labute approximate surface area is 126 Å². The Kier molecular flexibility index (Phi) is 3.46. The molecular weight excluding hydrogens is 258 g/mol. The molecule has 3 nitrogen and oxygen atoms in total. The molecule has 2 aliphatic rings. The number of hydrogen-bond acceptors (Lipinski definition) is 2. The van der Waals surface area contributed by atoms with Crippen molar-refractivity contribution in [2.24, 2.45) is 17.6 Å². The van der Waals surface area contributed by atoms with Gasteiger partial charge in [0.2, 0.25) is 0 Å². The van der Waals surface area contributed by atoms with Gasteiger partial charge in [-0.25, -0.2) is 4.98 Å². The highest BCUT2D eigenvalue weighted by Crippen LogP contribution is 2.45. The number of fused-ring (bicyclic) bond motifs is 2. The summed E-state index contributed by atoms with van der Waals surface area (Å²) in [5.41, 5.74) is 9.23. The van der Waals surface area contributed by atoms with Crippen LogP contribution in [0.25, 0.3) is 11.0 Å². The van der Waals surface area contributed by atoms with E-state index in [2.05, 4.69) is 23.2 Å². The largest absolute Gasteiger partial charge is 0.342 e. The van der Waals surface area contributed by atoms with E-state index in [1.54, 1.807) is 0 Å². The third-order valence-electron chi connectivity index (χ3n) is 5.76. The van der Waals surface area contributed by atoms with Crippen molar-refractivity contribution in [2.45, 2.75) is 57.4 Å². The van der Waals surface area contributed by atoms with E-state index in [9.17, 15) is 0 Å². The molecule has 0 amide bonds. The van der Waals surface area contributed by atoms with Gasteiger partial charge in [-0.15, -0.1) is 0 Å². The lowest BCUT2D eigenvalue weighted by Gasteiger charge is -2.38. The average Bonchev–Trinajstić information content (AvgIpc) is 2.98. The van der Waals surface area contributed by atoms with Crippen molar-refractivity contribution >= 4 is 11.0 Å². The number of benzene rings is 1. The Bertz CT molecular complexity index is 630. The molecule has 0 bridgehead atoms. The van der Waals surface area contributed by atoms with Crippen LogP contribution in [0.4, 0.5) is 0 Å². The van der Waals surface area contributed by atoms with E-state index < -0.39 is 0 Å². The molecule has 1 aromatic carbocycles. The zero-order valence-corrected chi connectivity index (χ0v) is 12.6. The first-order valence-corrected chi connectivity index (χ1v) is 8.52. The van der Waals surface area contributed by atoms with E-state index in [1.165, 1.54) is 50.8 Å². The number of H-pyrrole nitrogens is 1. The number of nitrogens with zero attached hydrogens (tertiary/aromatic N) is 1. The monoisotopic (exact) mass is 283 g/mol. The molecule has 3 unspecified atom stereocenters. The quantitative estimate of drug-likeness (QED) is 0.872. The standard InChI is InChI=1S/C18H25N3/c19-11-15-6-3-7-16-17(15)21-18(20-16)14-9-8-12-4-1-2-5-13(12)10-14/h3,6-7,12-14H,1-2,4-5,8-11,19H2,(H,20,21). The highest BCUT2D eigenvalue weighted by atomic mass is 14.9. The molecule has 0 saturated heterocycles. The number of nitrogens with one attached hydrogen (secondary N) is 1. The second kappa shape index (κ2) is 5.45. The molecule has 0 aliphatic heterocycles. The fraction of sp³-hybridized carbons (Fsp3) is 0.611. The Balaban J connectivity index is 1.61. The second-order valence-electron chi connectivity index (χ2n) is 6.95. The van der Waals surface area contributed by atoms with E-state index in [-0.39, 0.29) is 0 Å². The van der Waals surface area contributed by atoms with Crippen molar-refractivity contribution < 1.29 is 0 Å². The Hall–Kier alpha value is -1.35. The summed E-state index contributed by atoms with van der Waals surface area (Å²) in [6.45, 7) is 0.566. The molecule has 0 spiro atoms. The van der Waals surface area contributed by atoms with Crippen LogP contribution in [0.5, 0.6) is 0 Å². The summed E-state index contributed by atoms with van der Waals surface area (Å²) in [5, 5.41) is 0. The molecule has 2 aromatic rings. The van der Waals surface area contributed by atoms with Crippen molar-refractivity contribution in [3.8, 4) is 0 Å². The van der Waals surface area contributed by atoms with Gasteiger partial charge in [0.05, 0.1) is 11.0 Å². The van der Waals surface area contributed by atoms with Crippen molar-refractivity contribution in [2.75, 3.05) is 0 Å². The van der Waals surface area contributed by atoms with Crippen LogP contribution in [0.1, 0.15) is 62.3 Å². The zero-order chi connectivity index (χ0) is 14.2. The lowest BCUT2D eigenvalue weighted by molar-refractivity contribution is 0.153. The molecule has 2 fully saturated rings. The fourth-order valence-corrected chi connectivity index (χ4v) is 4.59. The maximum atomic E-state index is 5.84. The van der Waals surface area contributed by atoms with E-state index in [4.69, 9.17) is 10.7 Å². The van der Waals surface area contributed by atoms with Crippen molar-refractivity contribution in [3.63, 3.8) is 0 Å². The van der Waals surface area contributed by atoms with Gasteiger partial charge in [-0.2, -0.15) is 0 Å².